The fourth-order valence-corrected chi connectivity index (χ4v) is 4.40. The Labute approximate surface area is 182 Å². The maximum atomic E-state index is 12.5. The number of hydrogen-bond acceptors (Lipinski definition) is 4. The summed E-state index contributed by atoms with van der Waals surface area (Å²) in [5, 5.41) is 2.86. The monoisotopic (exact) mass is 420 g/mol. The molecule has 1 saturated heterocycles. The number of fused-ring (bicyclic) bond motifs is 1. The number of amides is 3. The highest BCUT2D eigenvalue weighted by Gasteiger charge is 2.47. The van der Waals surface area contributed by atoms with Crippen LogP contribution in [-0.4, -0.2) is 29.2 Å². The minimum atomic E-state index is -0.167. The molecule has 2 aromatic carbocycles. The lowest BCUT2D eigenvalue weighted by molar-refractivity contribution is -0.140. The van der Waals surface area contributed by atoms with E-state index in [1.165, 1.54) is 4.90 Å². The van der Waals surface area contributed by atoms with Gasteiger partial charge in [-0.1, -0.05) is 55.3 Å². The van der Waals surface area contributed by atoms with Crippen LogP contribution in [0.15, 0.2) is 54.6 Å². The third-order valence-corrected chi connectivity index (χ3v) is 6.16. The van der Waals surface area contributed by atoms with E-state index in [1.807, 2.05) is 54.6 Å². The molecule has 2 aliphatic rings. The third kappa shape index (κ3) is 5.13. The Balaban J connectivity index is 1.20. The van der Waals surface area contributed by atoms with Crippen LogP contribution < -0.4 is 10.1 Å². The molecule has 0 spiro atoms. The molecule has 2 fully saturated rings. The van der Waals surface area contributed by atoms with Crippen molar-refractivity contribution in [2.45, 2.75) is 45.3 Å². The van der Waals surface area contributed by atoms with Crippen molar-refractivity contribution in [3.8, 4) is 5.75 Å². The summed E-state index contributed by atoms with van der Waals surface area (Å²) in [5.41, 5.74) is 2.06. The molecule has 1 saturated carbocycles. The van der Waals surface area contributed by atoms with E-state index < -0.39 is 0 Å². The maximum absolute atomic E-state index is 12.5. The van der Waals surface area contributed by atoms with Crippen LogP contribution in [0.2, 0.25) is 0 Å². The Morgan fingerprint density at radius 1 is 0.903 bits per heavy atom. The summed E-state index contributed by atoms with van der Waals surface area (Å²) in [5.74, 6) is 0.104. The van der Waals surface area contributed by atoms with Crippen LogP contribution in [0, 0.1) is 11.8 Å². The standard InChI is InChI=1S/C25H28N2O4/c28-23(14-15-27-24(29)21-8-4-5-9-22(21)25(27)30)26-16-18-10-12-20(13-11-18)31-17-19-6-2-1-3-7-19/h1-3,6-7,10-13,21-22H,4-5,8-9,14-17H2,(H,26,28). The number of nitrogens with zero attached hydrogens (tertiary/aromatic N) is 1. The SMILES string of the molecule is O=C(CCN1C(=O)C2CCCCC2C1=O)NCc1ccc(OCc2ccccc2)cc1. The Hall–Kier alpha value is -3.15. The number of likely N-dealkylation sites (tertiary alicyclic amines) is 1. The molecule has 0 bridgehead atoms. The van der Waals surface area contributed by atoms with Gasteiger partial charge in [-0.3, -0.25) is 19.3 Å². The highest BCUT2D eigenvalue weighted by Crippen LogP contribution is 2.37. The molecule has 162 valence electrons. The van der Waals surface area contributed by atoms with Crippen LogP contribution in [0.5, 0.6) is 5.75 Å². The fourth-order valence-electron chi connectivity index (χ4n) is 4.40. The molecule has 6 heteroatoms. The maximum Gasteiger partial charge on any atom is 0.233 e. The molecule has 2 unspecified atom stereocenters. The van der Waals surface area contributed by atoms with Gasteiger partial charge < -0.3 is 10.1 Å². The van der Waals surface area contributed by atoms with Crippen LogP contribution in [0.4, 0.5) is 0 Å². The quantitative estimate of drug-likeness (QED) is 0.664. The van der Waals surface area contributed by atoms with Gasteiger partial charge in [0.1, 0.15) is 12.4 Å². The number of carbonyl (C=O) groups is 3. The van der Waals surface area contributed by atoms with Crippen molar-refractivity contribution in [3.63, 3.8) is 0 Å². The number of carbonyl (C=O) groups excluding carboxylic acids is 3. The summed E-state index contributed by atoms with van der Waals surface area (Å²) in [6, 6.07) is 17.6. The number of nitrogens with one attached hydrogen (secondary N) is 1. The van der Waals surface area contributed by atoms with Crippen molar-refractivity contribution >= 4 is 17.7 Å². The minimum Gasteiger partial charge on any atom is -0.489 e. The molecule has 2 aromatic rings. The summed E-state index contributed by atoms with van der Waals surface area (Å²) < 4.78 is 5.77. The second-order valence-corrected chi connectivity index (χ2v) is 8.27. The third-order valence-electron chi connectivity index (χ3n) is 6.16. The lowest BCUT2D eigenvalue weighted by Crippen LogP contribution is -2.35. The molecule has 2 atom stereocenters. The highest BCUT2D eigenvalue weighted by atomic mass is 16.5. The van der Waals surface area contributed by atoms with Crippen molar-refractivity contribution in [3.05, 3.63) is 65.7 Å². The summed E-state index contributed by atoms with van der Waals surface area (Å²) in [7, 11) is 0. The number of imide groups is 1. The molecule has 1 aliphatic carbocycles. The first kappa shape index (κ1) is 21.1. The molecule has 6 nitrogen and oxygen atoms in total. The van der Waals surface area contributed by atoms with Crippen LogP contribution in [0.3, 0.4) is 0 Å². The molecular formula is C25H28N2O4. The lowest BCUT2D eigenvalue weighted by Gasteiger charge is -2.19. The predicted molar refractivity (Wildman–Crippen MR) is 116 cm³/mol. The molecule has 0 radical (unpaired) electrons. The van der Waals surface area contributed by atoms with E-state index in [0.717, 1.165) is 42.6 Å². The molecule has 31 heavy (non-hydrogen) atoms. The van der Waals surface area contributed by atoms with Crippen molar-refractivity contribution in [2.75, 3.05) is 6.54 Å². The van der Waals surface area contributed by atoms with Gasteiger partial charge in [-0.25, -0.2) is 0 Å². The Bertz CT molecular complexity index is 902. The normalized spacial score (nSPS) is 20.5. The average molecular weight is 421 g/mol. The van der Waals surface area contributed by atoms with Crippen LogP contribution in [0.1, 0.15) is 43.2 Å². The number of hydrogen-bond donors (Lipinski definition) is 1. The van der Waals surface area contributed by atoms with Crippen molar-refractivity contribution < 1.29 is 19.1 Å². The molecular weight excluding hydrogens is 392 g/mol. The Morgan fingerprint density at radius 3 is 2.19 bits per heavy atom. The molecule has 4 rings (SSSR count). The van der Waals surface area contributed by atoms with E-state index in [9.17, 15) is 14.4 Å². The second-order valence-electron chi connectivity index (χ2n) is 8.27. The van der Waals surface area contributed by atoms with E-state index in [2.05, 4.69) is 5.32 Å². The zero-order chi connectivity index (χ0) is 21.6. The Morgan fingerprint density at radius 2 is 1.55 bits per heavy atom. The van der Waals surface area contributed by atoms with Gasteiger partial charge in [-0.15, -0.1) is 0 Å². The molecule has 3 amide bonds. The molecule has 1 heterocycles. The second kappa shape index (κ2) is 9.77. The lowest BCUT2D eigenvalue weighted by atomic mass is 9.81. The van der Waals surface area contributed by atoms with Crippen molar-refractivity contribution in [2.24, 2.45) is 11.8 Å². The smallest absolute Gasteiger partial charge is 0.233 e. The van der Waals surface area contributed by atoms with Gasteiger partial charge in [0, 0.05) is 19.5 Å². The zero-order valence-electron chi connectivity index (χ0n) is 17.6. The van der Waals surface area contributed by atoms with E-state index >= 15 is 0 Å². The first-order valence-electron chi connectivity index (χ1n) is 11.0. The summed E-state index contributed by atoms with van der Waals surface area (Å²) in [4.78, 5) is 38.5. The highest BCUT2D eigenvalue weighted by molar-refractivity contribution is 6.05. The average Bonchev–Trinajstić information content (AvgIpc) is 3.06. The van der Waals surface area contributed by atoms with Gasteiger partial charge in [-0.05, 0) is 36.1 Å². The Kier molecular flexibility index (Phi) is 6.65. The van der Waals surface area contributed by atoms with Crippen LogP contribution in [0.25, 0.3) is 0 Å². The largest absolute Gasteiger partial charge is 0.489 e. The van der Waals surface area contributed by atoms with E-state index in [-0.39, 0.29) is 42.5 Å². The summed E-state index contributed by atoms with van der Waals surface area (Å²) >= 11 is 0. The summed E-state index contributed by atoms with van der Waals surface area (Å²) in [6.45, 7) is 1.07. The number of ether oxygens (including phenoxy) is 1. The van der Waals surface area contributed by atoms with Gasteiger partial charge in [0.15, 0.2) is 0 Å². The van der Waals surface area contributed by atoms with Gasteiger partial charge >= 0.3 is 0 Å². The van der Waals surface area contributed by atoms with E-state index in [0.29, 0.717) is 13.2 Å². The van der Waals surface area contributed by atoms with Gasteiger partial charge in [0.05, 0.1) is 11.8 Å². The fraction of sp³-hybridized carbons (Fsp3) is 0.400. The van der Waals surface area contributed by atoms with Gasteiger partial charge in [0.2, 0.25) is 17.7 Å². The van der Waals surface area contributed by atoms with Crippen molar-refractivity contribution in [1.29, 1.82) is 0 Å². The van der Waals surface area contributed by atoms with Crippen LogP contribution in [-0.2, 0) is 27.5 Å². The van der Waals surface area contributed by atoms with E-state index in [1.54, 1.807) is 0 Å². The molecule has 1 aliphatic heterocycles. The van der Waals surface area contributed by atoms with E-state index in [4.69, 9.17) is 4.74 Å². The van der Waals surface area contributed by atoms with Crippen molar-refractivity contribution in [1.82, 2.24) is 10.2 Å². The predicted octanol–water partition coefficient (Wildman–Crippen LogP) is 3.45. The molecule has 1 N–H and O–H groups in total. The zero-order valence-corrected chi connectivity index (χ0v) is 17.6. The number of rotatable bonds is 8. The topological polar surface area (TPSA) is 75.7 Å². The minimum absolute atomic E-state index is 0.0893. The number of benzene rings is 2. The first-order valence-corrected chi connectivity index (χ1v) is 11.0. The van der Waals surface area contributed by atoms with Gasteiger partial charge in [-0.2, -0.15) is 0 Å². The summed E-state index contributed by atoms with van der Waals surface area (Å²) in [6.07, 6.45) is 3.73. The molecule has 0 aromatic heterocycles. The van der Waals surface area contributed by atoms with Gasteiger partial charge in [0.25, 0.3) is 0 Å². The van der Waals surface area contributed by atoms with Crippen LogP contribution >= 0.6 is 0 Å². The first-order chi connectivity index (χ1) is 15.1.